The Morgan fingerprint density at radius 1 is 1.09 bits per heavy atom. The number of aliphatic hydroxyl groups is 1. The van der Waals surface area contributed by atoms with E-state index < -0.39 is 23.3 Å². The molecule has 0 bridgehead atoms. The highest BCUT2D eigenvalue weighted by molar-refractivity contribution is 5.94. The molecule has 172 valence electrons. The van der Waals surface area contributed by atoms with Crippen molar-refractivity contribution in [2.45, 2.75) is 31.8 Å². The van der Waals surface area contributed by atoms with Gasteiger partial charge in [0.15, 0.2) is 0 Å². The van der Waals surface area contributed by atoms with Crippen LogP contribution in [0.2, 0.25) is 0 Å². The van der Waals surface area contributed by atoms with Crippen molar-refractivity contribution in [3.63, 3.8) is 0 Å². The first kappa shape index (κ1) is 23.6. The van der Waals surface area contributed by atoms with Gasteiger partial charge in [0, 0.05) is 42.3 Å². The quantitative estimate of drug-likeness (QED) is 0.511. The molecule has 0 radical (unpaired) electrons. The second-order valence-electron chi connectivity index (χ2n) is 7.28. The molecule has 2 N–H and O–H groups in total. The van der Waals surface area contributed by atoms with Gasteiger partial charge in [-0.15, -0.1) is 0 Å². The Morgan fingerprint density at radius 2 is 1.75 bits per heavy atom. The molecule has 1 atom stereocenters. The summed E-state index contributed by atoms with van der Waals surface area (Å²) >= 11 is 0. The third-order valence-corrected chi connectivity index (χ3v) is 5.35. The Balaban J connectivity index is 2.05. The van der Waals surface area contributed by atoms with Crippen LogP contribution in [-0.2, 0) is 35.3 Å². The molecule has 0 aliphatic rings. The zero-order valence-electron chi connectivity index (χ0n) is 18.0. The molecule has 0 aliphatic heterocycles. The van der Waals surface area contributed by atoms with Crippen LogP contribution in [0.25, 0.3) is 10.9 Å². The Morgan fingerprint density at radius 3 is 2.34 bits per heavy atom. The number of fused-ring (bicyclic) bond motifs is 1. The Kier molecular flexibility index (Phi) is 6.80. The summed E-state index contributed by atoms with van der Waals surface area (Å²) in [5.41, 5.74) is -2.85. The monoisotopic (exact) mass is 450 g/mol. The van der Waals surface area contributed by atoms with Crippen molar-refractivity contribution in [2.75, 3.05) is 13.7 Å². The lowest BCUT2D eigenvalue weighted by molar-refractivity contribution is -0.267. The number of ether oxygens (including phenoxy) is 2. The van der Waals surface area contributed by atoms with E-state index in [1.165, 1.54) is 13.0 Å². The normalized spacial score (nSPS) is 13.7. The maximum absolute atomic E-state index is 14.1. The van der Waals surface area contributed by atoms with Crippen molar-refractivity contribution in [3.8, 4) is 5.75 Å². The van der Waals surface area contributed by atoms with Crippen molar-refractivity contribution in [1.29, 1.82) is 0 Å². The molecule has 0 fully saturated rings. The number of nitrogens with one attached hydrogen (secondary N) is 1. The average molecular weight is 450 g/mol. The minimum absolute atomic E-state index is 0.0235. The SMILES string of the molecule is CCOC(=O)C(O)(c1c(CNCc2ccc(OC)cc2)n(C)c2ccccc12)C(F)(F)F. The maximum atomic E-state index is 14.1. The Labute approximate surface area is 183 Å². The number of hydrogen-bond donors (Lipinski definition) is 2. The molecule has 3 aromatic rings. The number of nitrogens with zero attached hydrogens (tertiary/aromatic N) is 1. The van der Waals surface area contributed by atoms with Gasteiger partial charge in [0.05, 0.1) is 13.7 Å². The molecule has 1 aromatic heterocycles. The zero-order valence-corrected chi connectivity index (χ0v) is 18.0. The Bertz CT molecular complexity index is 1090. The molecular formula is C23H25F3N2O4. The van der Waals surface area contributed by atoms with Gasteiger partial charge in [-0.1, -0.05) is 30.3 Å². The number of para-hydroxylation sites is 1. The highest BCUT2D eigenvalue weighted by atomic mass is 19.4. The van der Waals surface area contributed by atoms with Crippen LogP contribution in [0, 0.1) is 0 Å². The smallest absolute Gasteiger partial charge is 0.432 e. The summed E-state index contributed by atoms with van der Waals surface area (Å²) in [6, 6.07) is 13.5. The van der Waals surface area contributed by atoms with Gasteiger partial charge in [-0.2, -0.15) is 13.2 Å². The molecule has 0 spiro atoms. The van der Waals surface area contributed by atoms with Crippen molar-refractivity contribution in [3.05, 3.63) is 65.4 Å². The molecule has 0 saturated heterocycles. The zero-order chi connectivity index (χ0) is 23.5. The first-order valence-electron chi connectivity index (χ1n) is 10.0. The molecule has 0 amide bonds. The van der Waals surface area contributed by atoms with Gasteiger partial charge in [0.1, 0.15) is 5.75 Å². The molecule has 2 aromatic carbocycles. The van der Waals surface area contributed by atoms with E-state index in [0.29, 0.717) is 17.8 Å². The highest BCUT2D eigenvalue weighted by Crippen LogP contribution is 2.45. The number of methoxy groups -OCH3 is 1. The largest absolute Gasteiger partial charge is 0.497 e. The fourth-order valence-electron chi connectivity index (χ4n) is 3.72. The van der Waals surface area contributed by atoms with E-state index in [9.17, 15) is 23.1 Å². The van der Waals surface area contributed by atoms with E-state index in [1.54, 1.807) is 49.1 Å². The number of aromatic nitrogens is 1. The Hall–Kier alpha value is -3.04. The van der Waals surface area contributed by atoms with Crippen LogP contribution in [0.1, 0.15) is 23.7 Å². The number of benzene rings is 2. The van der Waals surface area contributed by atoms with E-state index >= 15 is 0 Å². The predicted molar refractivity (Wildman–Crippen MR) is 113 cm³/mol. The van der Waals surface area contributed by atoms with Crippen LogP contribution in [0.15, 0.2) is 48.5 Å². The van der Waals surface area contributed by atoms with Crippen LogP contribution in [0.5, 0.6) is 5.75 Å². The number of aryl methyl sites for hydroxylation is 1. The third-order valence-electron chi connectivity index (χ3n) is 5.35. The van der Waals surface area contributed by atoms with Crippen LogP contribution < -0.4 is 10.1 Å². The average Bonchev–Trinajstić information content (AvgIpc) is 3.05. The minimum Gasteiger partial charge on any atom is -0.497 e. The van der Waals surface area contributed by atoms with Gasteiger partial charge in [0.2, 0.25) is 0 Å². The van der Waals surface area contributed by atoms with Gasteiger partial charge < -0.3 is 24.5 Å². The summed E-state index contributed by atoms with van der Waals surface area (Å²) in [7, 11) is 3.15. The number of carbonyl (C=O) groups is 1. The third kappa shape index (κ3) is 4.18. The van der Waals surface area contributed by atoms with E-state index in [4.69, 9.17) is 4.74 Å². The molecule has 3 rings (SSSR count). The summed E-state index contributed by atoms with van der Waals surface area (Å²) in [6.07, 6.45) is -5.28. The molecule has 0 saturated carbocycles. The predicted octanol–water partition coefficient (Wildman–Crippen LogP) is 3.79. The highest BCUT2D eigenvalue weighted by Gasteiger charge is 2.64. The molecular weight excluding hydrogens is 425 g/mol. The number of halogens is 3. The second-order valence-corrected chi connectivity index (χ2v) is 7.28. The molecule has 32 heavy (non-hydrogen) atoms. The molecule has 0 aliphatic carbocycles. The van der Waals surface area contributed by atoms with E-state index in [0.717, 1.165) is 5.56 Å². The van der Waals surface area contributed by atoms with Crippen LogP contribution in [0.4, 0.5) is 13.2 Å². The topological polar surface area (TPSA) is 72.7 Å². The summed E-state index contributed by atoms with van der Waals surface area (Å²) < 4.78 is 53.7. The summed E-state index contributed by atoms with van der Waals surface area (Å²) in [6.45, 7) is 1.42. The summed E-state index contributed by atoms with van der Waals surface area (Å²) in [4.78, 5) is 12.4. The second kappa shape index (κ2) is 9.22. The molecule has 1 unspecified atom stereocenters. The van der Waals surface area contributed by atoms with Crippen molar-refractivity contribution < 1.29 is 32.5 Å². The van der Waals surface area contributed by atoms with Crippen molar-refractivity contribution in [2.24, 2.45) is 7.05 Å². The summed E-state index contributed by atoms with van der Waals surface area (Å²) in [5.74, 6) is -1.06. The molecule has 6 nitrogen and oxygen atoms in total. The number of alkyl halides is 3. The first-order chi connectivity index (χ1) is 15.1. The minimum atomic E-state index is -5.28. The van der Waals surface area contributed by atoms with E-state index in [1.807, 2.05) is 12.1 Å². The van der Waals surface area contributed by atoms with Crippen molar-refractivity contribution >= 4 is 16.9 Å². The van der Waals surface area contributed by atoms with Crippen LogP contribution >= 0.6 is 0 Å². The fourth-order valence-corrected chi connectivity index (χ4v) is 3.72. The van der Waals surface area contributed by atoms with Gasteiger partial charge >= 0.3 is 12.1 Å². The van der Waals surface area contributed by atoms with Gasteiger partial charge in [-0.05, 0) is 30.7 Å². The first-order valence-corrected chi connectivity index (χ1v) is 10.0. The fraction of sp³-hybridized carbons (Fsp3) is 0.348. The molecule has 1 heterocycles. The van der Waals surface area contributed by atoms with E-state index in [-0.39, 0.29) is 24.2 Å². The van der Waals surface area contributed by atoms with E-state index in [2.05, 4.69) is 10.1 Å². The molecule has 9 heteroatoms. The number of carbonyl (C=O) groups excluding carboxylic acids is 1. The van der Waals surface area contributed by atoms with Gasteiger partial charge in [0.25, 0.3) is 5.60 Å². The number of esters is 1. The number of hydrogen-bond acceptors (Lipinski definition) is 5. The lowest BCUT2D eigenvalue weighted by Gasteiger charge is -2.29. The number of rotatable bonds is 8. The maximum Gasteiger partial charge on any atom is 0.432 e. The standard InChI is InChI=1S/C23H25F3N2O4/c1-4-32-21(29)22(30,23(24,25)26)20-17-7-5-6-8-18(17)28(2)19(20)14-27-13-15-9-11-16(31-3)12-10-15/h5-12,27,30H,4,13-14H2,1-3H3. The lowest BCUT2D eigenvalue weighted by Crippen LogP contribution is -2.51. The van der Waals surface area contributed by atoms with Gasteiger partial charge in [-0.25, -0.2) is 4.79 Å². The van der Waals surface area contributed by atoms with Crippen LogP contribution in [-0.4, -0.2) is 35.5 Å². The lowest BCUT2D eigenvalue weighted by atomic mass is 9.90. The van der Waals surface area contributed by atoms with Crippen molar-refractivity contribution in [1.82, 2.24) is 9.88 Å². The van der Waals surface area contributed by atoms with Crippen LogP contribution in [0.3, 0.4) is 0 Å². The van der Waals surface area contributed by atoms with Gasteiger partial charge in [-0.3, -0.25) is 0 Å². The summed E-state index contributed by atoms with van der Waals surface area (Å²) in [5, 5.41) is 14.1.